The first-order chi connectivity index (χ1) is 5.79. The van der Waals surface area contributed by atoms with Crippen molar-refractivity contribution in [2.45, 2.75) is 32.2 Å². The normalized spacial score (nSPS) is 22.0. The summed E-state index contributed by atoms with van der Waals surface area (Å²) in [5.41, 5.74) is 10.3. The molecular formula is C11H15N. The summed E-state index contributed by atoms with van der Waals surface area (Å²) >= 11 is 0. The summed E-state index contributed by atoms with van der Waals surface area (Å²) in [6.45, 7) is 2.18. The lowest BCUT2D eigenvalue weighted by atomic mass is 9.86. The second-order valence-corrected chi connectivity index (χ2v) is 3.64. The molecule has 0 radical (unpaired) electrons. The minimum Gasteiger partial charge on any atom is -0.324 e. The van der Waals surface area contributed by atoms with Crippen LogP contribution in [0.2, 0.25) is 0 Å². The standard InChI is InChI=1S/C11H15N/c1-8-4-2-6-10-9(8)5-3-7-11(10)12/h2,4,6,11H,3,5,7,12H2,1H3. The maximum absolute atomic E-state index is 6.02. The predicted octanol–water partition coefficient (Wildman–Crippen LogP) is 2.33. The van der Waals surface area contributed by atoms with Crippen molar-refractivity contribution in [3.05, 3.63) is 34.9 Å². The van der Waals surface area contributed by atoms with Crippen LogP contribution >= 0.6 is 0 Å². The Labute approximate surface area is 73.6 Å². The van der Waals surface area contributed by atoms with Gasteiger partial charge in [-0.2, -0.15) is 0 Å². The summed E-state index contributed by atoms with van der Waals surface area (Å²) < 4.78 is 0. The quantitative estimate of drug-likeness (QED) is 0.621. The molecule has 64 valence electrons. The third-order valence-electron chi connectivity index (χ3n) is 2.79. The number of aryl methyl sites for hydroxylation is 1. The molecular weight excluding hydrogens is 146 g/mol. The van der Waals surface area contributed by atoms with Crippen molar-refractivity contribution >= 4 is 0 Å². The molecule has 1 aliphatic carbocycles. The minimum absolute atomic E-state index is 0.286. The van der Waals surface area contributed by atoms with Crippen LogP contribution in [0, 0.1) is 6.92 Å². The fourth-order valence-electron chi connectivity index (χ4n) is 2.07. The predicted molar refractivity (Wildman–Crippen MR) is 51.0 cm³/mol. The summed E-state index contributed by atoms with van der Waals surface area (Å²) in [4.78, 5) is 0. The summed E-state index contributed by atoms with van der Waals surface area (Å²) in [6, 6.07) is 6.75. The van der Waals surface area contributed by atoms with Crippen molar-refractivity contribution in [3.63, 3.8) is 0 Å². The van der Waals surface area contributed by atoms with E-state index in [0.29, 0.717) is 0 Å². The average molecular weight is 161 g/mol. The lowest BCUT2D eigenvalue weighted by Crippen LogP contribution is -2.17. The fraction of sp³-hybridized carbons (Fsp3) is 0.455. The maximum Gasteiger partial charge on any atom is 0.0297 e. The molecule has 0 heterocycles. The topological polar surface area (TPSA) is 26.0 Å². The van der Waals surface area contributed by atoms with E-state index in [9.17, 15) is 0 Å². The Bertz CT molecular complexity index is 291. The largest absolute Gasteiger partial charge is 0.324 e. The number of nitrogens with two attached hydrogens (primary N) is 1. The van der Waals surface area contributed by atoms with Gasteiger partial charge in [0, 0.05) is 6.04 Å². The van der Waals surface area contributed by atoms with E-state index in [4.69, 9.17) is 5.73 Å². The number of hydrogen-bond acceptors (Lipinski definition) is 1. The maximum atomic E-state index is 6.02. The highest BCUT2D eigenvalue weighted by Gasteiger charge is 2.16. The van der Waals surface area contributed by atoms with E-state index >= 15 is 0 Å². The number of benzene rings is 1. The van der Waals surface area contributed by atoms with Crippen LogP contribution in [0.3, 0.4) is 0 Å². The van der Waals surface area contributed by atoms with Gasteiger partial charge in [0.15, 0.2) is 0 Å². The highest BCUT2D eigenvalue weighted by atomic mass is 14.6. The van der Waals surface area contributed by atoms with E-state index in [0.717, 1.165) is 6.42 Å². The third-order valence-corrected chi connectivity index (χ3v) is 2.79. The van der Waals surface area contributed by atoms with Crippen molar-refractivity contribution in [2.24, 2.45) is 5.73 Å². The van der Waals surface area contributed by atoms with E-state index in [2.05, 4.69) is 25.1 Å². The van der Waals surface area contributed by atoms with E-state index in [1.54, 1.807) is 0 Å². The molecule has 1 atom stereocenters. The van der Waals surface area contributed by atoms with Crippen LogP contribution < -0.4 is 5.73 Å². The van der Waals surface area contributed by atoms with Gasteiger partial charge in [-0.05, 0) is 42.9 Å². The molecule has 0 saturated carbocycles. The van der Waals surface area contributed by atoms with E-state index in [1.807, 2.05) is 0 Å². The second kappa shape index (κ2) is 2.91. The summed E-state index contributed by atoms with van der Waals surface area (Å²) in [5.74, 6) is 0. The van der Waals surface area contributed by atoms with Gasteiger partial charge in [0.2, 0.25) is 0 Å². The Balaban J connectivity index is 2.52. The molecule has 1 aromatic carbocycles. The van der Waals surface area contributed by atoms with Crippen LogP contribution in [0.15, 0.2) is 18.2 Å². The van der Waals surface area contributed by atoms with E-state index < -0.39 is 0 Å². The Morgan fingerprint density at radius 1 is 1.42 bits per heavy atom. The SMILES string of the molecule is Cc1cccc2c1CCCC2N. The zero-order valence-electron chi connectivity index (χ0n) is 7.51. The highest BCUT2D eigenvalue weighted by molar-refractivity contribution is 5.37. The van der Waals surface area contributed by atoms with Gasteiger partial charge in [0.1, 0.15) is 0 Å². The minimum atomic E-state index is 0.286. The average Bonchev–Trinajstić information content (AvgIpc) is 2.07. The first-order valence-electron chi connectivity index (χ1n) is 4.63. The van der Waals surface area contributed by atoms with Crippen molar-refractivity contribution in [3.8, 4) is 0 Å². The van der Waals surface area contributed by atoms with Crippen molar-refractivity contribution in [1.82, 2.24) is 0 Å². The first kappa shape index (κ1) is 7.81. The molecule has 0 fully saturated rings. The summed E-state index contributed by atoms with van der Waals surface area (Å²) in [7, 11) is 0. The molecule has 2 N–H and O–H groups in total. The molecule has 1 nitrogen and oxygen atoms in total. The van der Waals surface area contributed by atoms with Gasteiger partial charge in [-0.1, -0.05) is 18.2 Å². The second-order valence-electron chi connectivity index (χ2n) is 3.64. The molecule has 1 aliphatic rings. The van der Waals surface area contributed by atoms with Gasteiger partial charge in [-0.3, -0.25) is 0 Å². The molecule has 0 aliphatic heterocycles. The van der Waals surface area contributed by atoms with Crippen LogP contribution in [0.5, 0.6) is 0 Å². The fourth-order valence-corrected chi connectivity index (χ4v) is 2.07. The van der Waals surface area contributed by atoms with Gasteiger partial charge in [0.05, 0.1) is 0 Å². The van der Waals surface area contributed by atoms with Crippen LogP contribution in [0.4, 0.5) is 0 Å². The molecule has 2 rings (SSSR count). The zero-order valence-corrected chi connectivity index (χ0v) is 7.51. The smallest absolute Gasteiger partial charge is 0.0297 e. The van der Waals surface area contributed by atoms with Crippen molar-refractivity contribution < 1.29 is 0 Å². The molecule has 0 bridgehead atoms. The van der Waals surface area contributed by atoms with Crippen molar-refractivity contribution in [2.75, 3.05) is 0 Å². The van der Waals surface area contributed by atoms with Crippen LogP contribution in [-0.2, 0) is 6.42 Å². The van der Waals surface area contributed by atoms with E-state index in [-0.39, 0.29) is 6.04 Å². The number of hydrogen-bond donors (Lipinski definition) is 1. The molecule has 0 spiro atoms. The van der Waals surface area contributed by atoms with Gasteiger partial charge in [0.25, 0.3) is 0 Å². The molecule has 0 aromatic heterocycles. The molecule has 0 saturated heterocycles. The zero-order chi connectivity index (χ0) is 8.55. The van der Waals surface area contributed by atoms with Crippen LogP contribution in [0.1, 0.15) is 35.6 Å². The van der Waals surface area contributed by atoms with Crippen LogP contribution in [-0.4, -0.2) is 0 Å². The Morgan fingerprint density at radius 3 is 3.00 bits per heavy atom. The molecule has 1 unspecified atom stereocenters. The van der Waals surface area contributed by atoms with Gasteiger partial charge >= 0.3 is 0 Å². The highest BCUT2D eigenvalue weighted by Crippen LogP contribution is 2.29. The monoisotopic (exact) mass is 161 g/mol. The summed E-state index contributed by atoms with van der Waals surface area (Å²) in [5, 5.41) is 0. The third kappa shape index (κ3) is 1.14. The van der Waals surface area contributed by atoms with Gasteiger partial charge in [-0.15, -0.1) is 0 Å². The molecule has 12 heavy (non-hydrogen) atoms. The van der Waals surface area contributed by atoms with Gasteiger partial charge < -0.3 is 5.73 Å². The van der Waals surface area contributed by atoms with Gasteiger partial charge in [-0.25, -0.2) is 0 Å². The summed E-state index contributed by atoms with van der Waals surface area (Å²) in [6.07, 6.45) is 3.62. The molecule has 0 amide bonds. The Morgan fingerprint density at radius 2 is 2.25 bits per heavy atom. The number of fused-ring (bicyclic) bond motifs is 1. The lowest BCUT2D eigenvalue weighted by molar-refractivity contribution is 0.568. The Kier molecular flexibility index (Phi) is 1.89. The van der Waals surface area contributed by atoms with Crippen molar-refractivity contribution in [1.29, 1.82) is 0 Å². The van der Waals surface area contributed by atoms with Crippen LogP contribution in [0.25, 0.3) is 0 Å². The first-order valence-corrected chi connectivity index (χ1v) is 4.63. The Hall–Kier alpha value is -0.820. The molecule has 1 aromatic rings. The lowest BCUT2D eigenvalue weighted by Gasteiger charge is -2.23. The molecule has 1 heteroatoms. The van der Waals surface area contributed by atoms with E-state index in [1.165, 1.54) is 29.5 Å². The number of rotatable bonds is 0.